The van der Waals surface area contributed by atoms with Gasteiger partial charge in [-0.1, -0.05) is 0 Å². The first-order valence-electron chi connectivity index (χ1n) is 10.4. The lowest BCUT2D eigenvalue weighted by Crippen LogP contribution is -2.13. The summed E-state index contributed by atoms with van der Waals surface area (Å²) in [6.07, 6.45) is 1.32. The van der Waals surface area contributed by atoms with E-state index in [1.165, 1.54) is 24.1 Å². The van der Waals surface area contributed by atoms with E-state index in [4.69, 9.17) is 9.47 Å². The molecule has 0 spiro atoms. The highest BCUT2D eigenvalue weighted by Crippen LogP contribution is 2.36. The van der Waals surface area contributed by atoms with E-state index in [1.54, 1.807) is 19.1 Å². The van der Waals surface area contributed by atoms with Crippen LogP contribution in [0.1, 0.15) is 22.3 Å². The fourth-order valence-electron chi connectivity index (χ4n) is 3.63. The monoisotopic (exact) mass is 499 g/mol. The van der Waals surface area contributed by atoms with Gasteiger partial charge < -0.3 is 24.5 Å². The van der Waals surface area contributed by atoms with Crippen molar-refractivity contribution in [1.29, 1.82) is 5.26 Å². The largest absolute Gasteiger partial charge is 0.496 e. The quantitative estimate of drug-likeness (QED) is 0.345. The van der Waals surface area contributed by atoms with Crippen LogP contribution in [0.2, 0.25) is 0 Å². The van der Waals surface area contributed by atoms with Gasteiger partial charge in [0.25, 0.3) is 0 Å². The van der Waals surface area contributed by atoms with Crippen LogP contribution in [0.5, 0.6) is 11.5 Å². The maximum atomic E-state index is 14.6. The number of carboxylic acid groups (broad SMARTS) is 1. The molecule has 0 atom stereocenters. The van der Waals surface area contributed by atoms with Gasteiger partial charge in [0.05, 0.1) is 29.8 Å². The Balaban J connectivity index is 1.57. The second kappa shape index (κ2) is 9.94. The van der Waals surface area contributed by atoms with Crippen molar-refractivity contribution >= 4 is 34.0 Å². The van der Waals surface area contributed by atoms with Crippen molar-refractivity contribution in [2.75, 3.05) is 25.6 Å². The average molecular weight is 499 g/mol. The third-order valence-corrected chi connectivity index (χ3v) is 6.25. The van der Waals surface area contributed by atoms with Crippen LogP contribution < -0.4 is 14.8 Å². The van der Waals surface area contributed by atoms with Gasteiger partial charge in [0.1, 0.15) is 35.4 Å². The minimum Gasteiger partial charge on any atom is -0.496 e. The Hall–Kier alpha value is -4.24. The normalized spacial score (nSPS) is 10.8. The third-order valence-electron chi connectivity index (χ3n) is 5.13. The third kappa shape index (κ3) is 4.58. The van der Waals surface area contributed by atoms with Crippen molar-refractivity contribution in [3.05, 3.63) is 52.8 Å². The Morgan fingerprint density at radius 3 is 2.74 bits per heavy atom. The number of carbonyl (C=O) groups is 1. The number of fused-ring (bicyclic) bond motifs is 1. The fraction of sp³-hybridized carbons (Fsp3) is 0.217. The van der Waals surface area contributed by atoms with E-state index in [9.17, 15) is 23.9 Å². The topological polar surface area (TPSA) is 122 Å². The molecule has 9 nitrogen and oxygen atoms in total. The number of nitrogens with one attached hydrogen (secondary N) is 1. The van der Waals surface area contributed by atoms with Crippen LogP contribution in [-0.4, -0.2) is 45.9 Å². The van der Waals surface area contributed by atoms with Gasteiger partial charge in [-0.3, -0.25) is 0 Å². The maximum Gasteiger partial charge on any atom is 0.349 e. The molecule has 0 saturated carbocycles. The number of methoxy groups -OCH3 is 1. The molecular weight excluding hydrogens is 480 g/mol. The molecule has 4 aromatic rings. The Morgan fingerprint density at radius 1 is 1.26 bits per heavy atom. The van der Waals surface area contributed by atoms with Crippen LogP contribution in [0.25, 0.3) is 21.5 Å². The molecule has 1 aromatic carbocycles. The van der Waals surface area contributed by atoms with E-state index in [2.05, 4.69) is 15.3 Å². The molecule has 0 radical (unpaired) electrons. The Morgan fingerprint density at radius 2 is 2.06 bits per heavy atom. The van der Waals surface area contributed by atoms with Crippen molar-refractivity contribution < 1.29 is 28.2 Å². The van der Waals surface area contributed by atoms with Crippen LogP contribution in [0.4, 0.5) is 14.6 Å². The highest BCUT2D eigenvalue weighted by atomic mass is 32.1. The highest BCUT2D eigenvalue weighted by molar-refractivity contribution is 7.17. The van der Waals surface area contributed by atoms with Crippen LogP contribution in [0.3, 0.4) is 0 Å². The summed E-state index contributed by atoms with van der Waals surface area (Å²) in [6, 6.07) is 7.64. The summed E-state index contributed by atoms with van der Waals surface area (Å²) >= 11 is 1.03. The molecule has 35 heavy (non-hydrogen) atoms. The molecule has 3 heterocycles. The summed E-state index contributed by atoms with van der Waals surface area (Å²) in [7, 11) is 1.34. The van der Waals surface area contributed by atoms with Gasteiger partial charge in [0.15, 0.2) is 16.5 Å². The molecule has 12 heteroatoms. The predicted molar refractivity (Wildman–Crippen MR) is 125 cm³/mol. The number of hydrogen-bond acceptors (Lipinski definition) is 8. The Labute approximate surface area is 202 Å². The Kier molecular flexibility index (Phi) is 6.79. The fourth-order valence-corrected chi connectivity index (χ4v) is 4.54. The van der Waals surface area contributed by atoms with Crippen molar-refractivity contribution in [1.82, 2.24) is 14.5 Å². The number of halogens is 2. The summed E-state index contributed by atoms with van der Waals surface area (Å²) in [5.74, 6) is -2.41. The first-order valence-corrected chi connectivity index (χ1v) is 11.2. The molecule has 0 fully saturated rings. The second-order valence-corrected chi connectivity index (χ2v) is 8.24. The number of rotatable bonds is 9. The summed E-state index contributed by atoms with van der Waals surface area (Å²) in [4.78, 5) is 20.5. The molecule has 3 aromatic heterocycles. The number of aromatic nitrogens is 3. The summed E-state index contributed by atoms with van der Waals surface area (Å²) in [5.41, 5.74) is 0.575. The first kappa shape index (κ1) is 23.9. The number of thiophene rings is 1. The van der Waals surface area contributed by atoms with E-state index in [-0.39, 0.29) is 40.7 Å². The van der Waals surface area contributed by atoms with Gasteiger partial charge in [0, 0.05) is 36.7 Å². The number of anilines is 1. The lowest BCUT2D eigenvalue weighted by Gasteiger charge is -2.11. The van der Waals surface area contributed by atoms with Crippen molar-refractivity contribution in [2.24, 2.45) is 0 Å². The smallest absolute Gasteiger partial charge is 0.349 e. The number of carboxylic acids is 1. The van der Waals surface area contributed by atoms with E-state index < -0.39 is 17.6 Å². The van der Waals surface area contributed by atoms with Gasteiger partial charge in [-0.15, -0.1) is 11.3 Å². The molecule has 0 aliphatic carbocycles. The molecule has 0 amide bonds. The van der Waals surface area contributed by atoms with Gasteiger partial charge in [0.2, 0.25) is 0 Å². The molecule has 0 aliphatic heterocycles. The molecule has 0 unspecified atom stereocenters. The van der Waals surface area contributed by atoms with Crippen molar-refractivity contribution in [3.8, 4) is 28.1 Å². The van der Waals surface area contributed by atoms with Crippen LogP contribution >= 0.6 is 11.3 Å². The number of ether oxygens (including phenoxy) is 2. The van der Waals surface area contributed by atoms with Gasteiger partial charge >= 0.3 is 5.97 Å². The number of nitriles is 1. The van der Waals surface area contributed by atoms with E-state index >= 15 is 0 Å². The molecule has 0 saturated heterocycles. The maximum absolute atomic E-state index is 14.6. The summed E-state index contributed by atoms with van der Waals surface area (Å²) in [6.45, 7) is 2.44. The van der Waals surface area contributed by atoms with Crippen molar-refractivity contribution in [3.63, 3.8) is 0 Å². The van der Waals surface area contributed by atoms with Crippen LogP contribution in [0.15, 0.2) is 30.6 Å². The van der Waals surface area contributed by atoms with E-state index in [0.29, 0.717) is 28.4 Å². The number of nitrogens with zero attached hydrogens (tertiary/aromatic N) is 4. The van der Waals surface area contributed by atoms with Crippen LogP contribution in [-0.2, 0) is 6.54 Å². The number of aromatic carboxylic acids is 1. The molecule has 2 N–H and O–H groups in total. The zero-order valence-electron chi connectivity index (χ0n) is 18.6. The van der Waals surface area contributed by atoms with Gasteiger partial charge in [-0.2, -0.15) is 5.26 Å². The van der Waals surface area contributed by atoms with E-state index in [1.807, 2.05) is 6.07 Å². The number of hydrogen-bond donors (Lipinski definition) is 2. The lowest BCUT2D eigenvalue weighted by molar-refractivity contribution is 0.0698. The molecule has 4 rings (SSSR count). The standard InChI is InChI=1S/C23H19F2N5O4S/c1-3-34-17-9-18(35-22(17)23(31)32)15-8-19(29-11-28-15)27-4-5-30-12(10-26)6-13-16(33-2)7-14(24)20(25)21(13)30/h6-9,11H,3-5H2,1-2H3,(H,31,32)(H,27,28,29). The average Bonchev–Trinajstić information content (AvgIpc) is 3.44. The van der Waals surface area contributed by atoms with Gasteiger partial charge in [-0.25, -0.2) is 23.5 Å². The lowest BCUT2D eigenvalue weighted by atomic mass is 10.2. The number of benzene rings is 1. The molecule has 0 bridgehead atoms. The Bertz CT molecular complexity index is 1460. The highest BCUT2D eigenvalue weighted by Gasteiger charge is 2.21. The predicted octanol–water partition coefficient (Wildman–Crippen LogP) is 4.53. The molecular formula is C23H19F2N5O4S. The first-order chi connectivity index (χ1) is 16.9. The minimum absolute atomic E-state index is 0.0631. The molecule has 180 valence electrons. The minimum atomic E-state index is -1.09. The van der Waals surface area contributed by atoms with E-state index in [0.717, 1.165) is 17.4 Å². The summed E-state index contributed by atoms with van der Waals surface area (Å²) in [5, 5.41) is 22.3. The second-order valence-electron chi connectivity index (χ2n) is 7.19. The zero-order chi connectivity index (χ0) is 25.1. The van der Waals surface area contributed by atoms with Crippen molar-refractivity contribution in [2.45, 2.75) is 13.5 Å². The SMILES string of the molecule is CCOc1cc(-c2cc(NCCn3c(C#N)cc4c(OC)cc(F)c(F)c43)ncn2)sc1C(=O)O. The van der Waals surface area contributed by atoms with Gasteiger partial charge in [-0.05, 0) is 13.0 Å². The van der Waals surface area contributed by atoms with Crippen LogP contribution in [0, 0.1) is 23.0 Å². The molecule has 0 aliphatic rings. The summed E-state index contributed by atoms with van der Waals surface area (Å²) < 4.78 is 40.6. The zero-order valence-corrected chi connectivity index (χ0v) is 19.4.